The van der Waals surface area contributed by atoms with Gasteiger partial charge in [0, 0.05) is 12.5 Å². The Morgan fingerprint density at radius 2 is 2.21 bits per heavy atom. The second-order valence-electron chi connectivity index (χ2n) is 5.10. The van der Waals surface area contributed by atoms with Crippen molar-refractivity contribution < 1.29 is 0 Å². The predicted octanol–water partition coefficient (Wildman–Crippen LogP) is 2.81. The molecule has 2 atom stereocenters. The zero-order valence-corrected chi connectivity index (χ0v) is 9.77. The van der Waals surface area contributed by atoms with Gasteiger partial charge in [0.1, 0.15) is 0 Å². The SMILES string of the molecule is C#CCCC(NCCC)C1CC1(C)C. The van der Waals surface area contributed by atoms with Gasteiger partial charge in [0.2, 0.25) is 0 Å². The summed E-state index contributed by atoms with van der Waals surface area (Å²) in [5, 5.41) is 3.63. The Balaban J connectivity index is 2.34. The van der Waals surface area contributed by atoms with Crippen LogP contribution in [0.15, 0.2) is 0 Å². The Kier molecular flexibility index (Phi) is 4.01. The fraction of sp³-hybridized carbons (Fsp3) is 0.846. The Labute approximate surface area is 88.7 Å². The van der Waals surface area contributed by atoms with Crippen molar-refractivity contribution in [2.45, 2.75) is 52.5 Å². The second kappa shape index (κ2) is 4.84. The third-order valence-corrected chi connectivity index (χ3v) is 3.33. The van der Waals surface area contributed by atoms with Crippen LogP contribution in [0.3, 0.4) is 0 Å². The molecule has 1 rings (SSSR count). The molecule has 0 spiro atoms. The Morgan fingerprint density at radius 1 is 1.57 bits per heavy atom. The number of rotatable bonds is 6. The van der Waals surface area contributed by atoms with Crippen LogP contribution in [0.5, 0.6) is 0 Å². The molecule has 1 saturated carbocycles. The van der Waals surface area contributed by atoms with Crippen molar-refractivity contribution in [3.8, 4) is 12.3 Å². The molecule has 0 aromatic heterocycles. The predicted molar refractivity (Wildman–Crippen MR) is 62.0 cm³/mol. The molecule has 0 amide bonds. The summed E-state index contributed by atoms with van der Waals surface area (Å²) >= 11 is 0. The van der Waals surface area contributed by atoms with Gasteiger partial charge in [-0.1, -0.05) is 20.8 Å². The minimum Gasteiger partial charge on any atom is -0.314 e. The lowest BCUT2D eigenvalue weighted by Gasteiger charge is -2.19. The number of nitrogens with one attached hydrogen (secondary N) is 1. The minimum atomic E-state index is 0.556. The van der Waals surface area contributed by atoms with Crippen LogP contribution in [0.1, 0.15) is 46.5 Å². The van der Waals surface area contributed by atoms with E-state index in [0.29, 0.717) is 11.5 Å². The lowest BCUT2D eigenvalue weighted by molar-refractivity contribution is 0.388. The van der Waals surface area contributed by atoms with Gasteiger partial charge in [-0.2, -0.15) is 0 Å². The van der Waals surface area contributed by atoms with Gasteiger partial charge in [-0.05, 0) is 37.1 Å². The molecule has 1 heteroatoms. The van der Waals surface area contributed by atoms with Crippen LogP contribution in [0.4, 0.5) is 0 Å². The standard InChI is InChI=1S/C13H23N/c1-5-7-8-12(14-9-6-2)11-10-13(11,3)4/h1,11-12,14H,6-10H2,2-4H3. The van der Waals surface area contributed by atoms with Gasteiger partial charge in [-0.3, -0.25) is 0 Å². The van der Waals surface area contributed by atoms with Crippen molar-refractivity contribution in [3.63, 3.8) is 0 Å². The Morgan fingerprint density at radius 3 is 2.64 bits per heavy atom. The molecule has 1 fully saturated rings. The number of hydrogen-bond donors (Lipinski definition) is 1. The van der Waals surface area contributed by atoms with Crippen LogP contribution in [-0.2, 0) is 0 Å². The maximum Gasteiger partial charge on any atom is 0.0110 e. The van der Waals surface area contributed by atoms with Crippen molar-refractivity contribution in [2.24, 2.45) is 11.3 Å². The van der Waals surface area contributed by atoms with E-state index >= 15 is 0 Å². The fourth-order valence-electron chi connectivity index (χ4n) is 2.21. The normalized spacial score (nSPS) is 25.4. The zero-order valence-electron chi connectivity index (χ0n) is 9.77. The highest BCUT2D eigenvalue weighted by Gasteiger charge is 2.49. The highest BCUT2D eigenvalue weighted by atomic mass is 14.9. The topological polar surface area (TPSA) is 12.0 Å². The summed E-state index contributed by atoms with van der Waals surface area (Å²) in [4.78, 5) is 0. The van der Waals surface area contributed by atoms with Gasteiger partial charge < -0.3 is 5.32 Å². The van der Waals surface area contributed by atoms with Crippen molar-refractivity contribution in [3.05, 3.63) is 0 Å². The highest BCUT2D eigenvalue weighted by Crippen LogP contribution is 2.54. The molecule has 0 radical (unpaired) electrons. The first-order valence-corrected chi connectivity index (χ1v) is 5.78. The first-order chi connectivity index (χ1) is 6.61. The minimum absolute atomic E-state index is 0.556. The van der Waals surface area contributed by atoms with E-state index in [1.165, 1.54) is 12.8 Å². The summed E-state index contributed by atoms with van der Waals surface area (Å²) in [7, 11) is 0. The first kappa shape index (κ1) is 11.6. The maximum atomic E-state index is 5.32. The summed E-state index contributed by atoms with van der Waals surface area (Å²) in [5.41, 5.74) is 0.556. The summed E-state index contributed by atoms with van der Waals surface area (Å²) in [6.45, 7) is 8.05. The molecule has 0 aromatic rings. The fourth-order valence-corrected chi connectivity index (χ4v) is 2.21. The highest BCUT2D eigenvalue weighted by molar-refractivity contribution is 5.02. The van der Waals surface area contributed by atoms with Crippen LogP contribution >= 0.6 is 0 Å². The van der Waals surface area contributed by atoms with Crippen LogP contribution in [-0.4, -0.2) is 12.6 Å². The van der Waals surface area contributed by atoms with E-state index in [-0.39, 0.29) is 0 Å². The summed E-state index contributed by atoms with van der Waals surface area (Å²) in [5.74, 6) is 3.59. The molecule has 0 aromatic carbocycles. The van der Waals surface area contributed by atoms with E-state index < -0.39 is 0 Å². The Hall–Kier alpha value is -0.480. The summed E-state index contributed by atoms with van der Waals surface area (Å²) in [6, 6.07) is 0.654. The average molecular weight is 193 g/mol. The van der Waals surface area contributed by atoms with E-state index in [1.807, 2.05) is 0 Å². The molecular weight excluding hydrogens is 170 g/mol. The lowest BCUT2D eigenvalue weighted by atomic mass is 10.00. The maximum absolute atomic E-state index is 5.32. The van der Waals surface area contributed by atoms with Gasteiger partial charge in [-0.15, -0.1) is 12.3 Å². The summed E-state index contributed by atoms with van der Waals surface area (Å²) < 4.78 is 0. The van der Waals surface area contributed by atoms with Crippen LogP contribution in [0.25, 0.3) is 0 Å². The first-order valence-electron chi connectivity index (χ1n) is 5.78. The van der Waals surface area contributed by atoms with E-state index in [4.69, 9.17) is 6.42 Å². The van der Waals surface area contributed by atoms with Gasteiger partial charge in [-0.25, -0.2) is 0 Å². The van der Waals surface area contributed by atoms with E-state index in [2.05, 4.69) is 32.0 Å². The second-order valence-corrected chi connectivity index (χ2v) is 5.10. The van der Waals surface area contributed by atoms with Crippen LogP contribution < -0.4 is 5.32 Å². The van der Waals surface area contributed by atoms with E-state index in [0.717, 1.165) is 25.3 Å². The average Bonchev–Trinajstić information content (AvgIpc) is 2.75. The van der Waals surface area contributed by atoms with Crippen LogP contribution in [0.2, 0.25) is 0 Å². The number of hydrogen-bond acceptors (Lipinski definition) is 1. The molecular formula is C13H23N. The molecule has 80 valence electrons. The third kappa shape index (κ3) is 3.03. The largest absolute Gasteiger partial charge is 0.314 e. The molecule has 2 unspecified atom stereocenters. The molecule has 14 heavy (non-hydrogen) atoms. The molecule has 0 saturated heterocycles. The van der Waals surface area contributed by atoms with Gasteiger partial charge in [0.05, 0.1) is 0 Å². The quantitative estimate of drug-likeness (QED) is 0.640. The summed E-state index contributed by atoms with van der Waals surface area (Å²) in [6.07, 6.45) is 9.94. The molecule has 0 heterocycles. The van der Waals surface area contributed by atoms with E-state index in [1.54, 1.807) is 0 Å². The molecule has 1 aliphatic rings. The molecule has 1 N–H and O–H groups in total. The molecule has 1 nitrogen and oxygen atoms in total. The zero-order chi connectivity index (χ0) is 10.6. The van der Waals surface area contributed by atoms with Gasteiger partial charge >= 0.3 is 0 Å². The van der Waals surface area contributed by atoms with Crippen molar-refractivity contribution in [1.29, 1.82) is 0 Å². The van der Waals surface area contributed by atoms with Crippen molar-refractivity contribution in [2.75, 3.05) is 6.54 Å². The smallest absolute Gasteiger partial charge is 0.0110 e. The lowest BCUT2D eigenvalue weighted by Crippen LogP contribution is -2.33. The molecule has 1 aliphatic carbocycles. The number of terminal acetylenes is 1. The molecule has 0 bridgehead atoms. The monoisotopic (exact) mass is 193 g/mol. The van der Waals surface area contributed by atoms with Gasteiger partial charge in [0.25, 0.3) is 0 Å². The van der Waals surface area contributed by atoms with Gasteiger partial charge in [0.15, 0.2) is 0 Å². The van der Waals surface area contributed by atoms with E-state index in [9.17, 15) is 0 Å². The Bertz CT molecular complexity index is 212. The van der Waals surface area contributed by atoms with Crippen molar-refractivity contribution >= 4 is 0 Å². The van der Waals surface area contributed by atoms with Crippen LogP contribution in [0, 0.1) is 23.7 Å². The van der Waals surface area contributed by atoms with Crippen molar-refractivity contribution in [1.82, 2.24) is 5.32 Å². The molecule has 0 aliphatic heterocycles. The third-order valence-electron chi connectivity index (χ3n) is 3.33.